The average Bonchev–Trinajstić information content (AvgIpc) is 2.73. The standard InChI is InChI=1S/C20H24N4O3/c1-26-19(25)17-10-15(2-3-16(17)13-5-8-27-9-6-13)23-20-22-11-14-4-7-21-12-18(14)24-20/h2-3,10-11,13,21H,4-9,12H2,1H3,(H,22,23,24). The van der Waals surface area contributed by atoms with Crippen LogP contribution in [0, 0.1) is 0 Å². The summed E-state index contributed by atoms with van der Waals surface area (Å²) in [7, 11) is 1.41. The van der Waals surface area contributed by atoms with Crippen LogP contribution in [0.2, 0.25) is 0 Å². The summed E-state index contributed by atoms with van der Waals surface area (Å²) in [5, 5.41) is 6.54. The van der Waals surface area contributed by atoms with Gasteiger partial charge < -0.3 is 20.1 Å². The molecule has 0 aliphatic carbocycles. The van der Waals surface area contributed by atoms with Crippen molar-refractivity contribution in [1.29, 1.82) is 0 Å². The fraction of sp³-hybridized carbons (Fsp3) is 0.450. The van der Waals surface area contributed by atoms with Crippen molar-refractivity contribution in [2.24, 2.45) is 0 Å². The third-order valence-corrected chi connectivity index (χ3v) is 5.19. The van der Waals surface area contributed by atoms with E-state index >= 15 is 0 Å². The molecule has 0 atom stereocenters. The second kappa shape index (κ2) is 8.02. The van der Waals surface area contributed by atoms with Gasteiger partial charge in [-0.15, -0.1) is 0 Å². The van der Waals surface area contributed by atoms with Crippen molar-refractivity contribution in [3.63, 3.8) is 0 Å². The minimum absolute atomic E-state index is 0.313. The van der Waals surface area contributed by atoms with E-state index < -0.39 is 0 Å². The predicted molar refractivity (Wildman–Crippen MR) is 101 cm³/mol. The molecule has 1 aromatic heterocycles. The minimum Gasteiger partial charge on any atom is -0.465 e. The fourth-order valence-corrected chi connectivity index (χ4v) is 3.71. The van der Waals surface area contributed by atoms with E-state index in [0.717, 1.165) is 62.5 Å². The van der Waals surface area contributed by atoms with Crippen molar-refractivity contribution in [3.8, 4) is 0 Å². The zero-order chi connectivity index (χ0) is 18.6. The topological polar surface area (TPSA) is 85.4 Å². The molecule has 2 aromatic rings. The van der Waals surface area contributed by atoms with Crippen molar-refractivity contribution in [1.82, 2.24) is 15.3 Å². The lowest BCUT2D eigenvalue weighted by Gasteiger charge is -2.24. The van der Waals surface area contributed by atoms with Crippen LogP contribution in [-0.4, -0.2) is 42.8 Å². The maximum Gasteiger partial charge on any atom is 0.338 e. The number of benzene rings is 1. The Kier molecular flexibility index (Phi) is 5.31. The highest BCUT2D eigenvalue weighted by Crippen LogP contribution is 2.32. The van der Waals surface area contributed by atoms with Crippen LogP contribution in [0.25, 0.3) is 0 Å². The summed E-state index contributed by atoms with van der Waals surface area (Å²) in [6.45, 7) is 3.16. The second-order valence-electron chi connectivity index (χ2n) is 6.90. The van der Waals surface area contributed by atoms with Gasteiger partial charge in [-0.3, -0.25) is 0 Å². The molecule has 2 aliphatic rings. The number of fused-ring (bicyclic) bond motifs is 1. The Morgan fingerprint density at radius 2 is 2.19 bits per heavy atom. The van der Waals surface area contributed by atoms with Crippen molar-refractivity contribution < 1.29 is 14.3 Å². The zero-order valence-electron chi connectivity index (χ0n) is 15.5. The number of carbonyl (C=O) groups excluding carboxylic acids is 1. The molecule has 1 fully saturated rings. The van der Waals surface area contributed by atoms with Gasteiger partial charge in [-0.1, -0.05) is 6.07 Å². The molecule has 0 saturated carbocycles. The third-order valence-electron chi connectivity index (χ3n) is 5.19. The summed E-state index contributed by atoms with van der Waals surface area (Å²) in [6.07, 6.45) is 4.65. The number of esters is 1. The quantitative estimate of drug-likeness (QED) is 0.802. The molecule has 142 valence electrons. The Labute approximate surface area is 158 Å². The van der Waals surface area contributed by atoms with Gasteiger partial charge in [-0.25, -0.2) is 14.8 Å². The highest BCUT2D eigenvalue weighted by atomic mass is 16.5. The molecule has 2 aliphatic heterocycles. The lowest BCUT2D eigenvalue weighted by Crippen LogP contribution is -2.25. The Morgan fingerprint density at radius 1 is 1.33 bits per heavy atom. The number of aromatic nitrogens is 2. The maximum absolute atomic E-state index is 12.4. The molecular weight excluding hydrogens is 344 g/mol. The summed E-state index contributed by atoms with van der Waals surface area (Å²) in [4.78, 5) is 21.4. The zero-order valence-corrected chi connectivity index (χ0v) is 15.5. The molecule has 0 radical (unpaired) electrons. The molecule has 1 aromatic carbocycles. The Morgan fingerprint density at radius 3 is 3.00 bits per heavy atom. The Balaban J connectivity index is 1.60. The molecule has 0 amide bonds. The van der Waals surface area contributed by atoms with Crippen LogP contribution < -0.4 is 10.6 Å². The molecule has 1 saturated heterocycles. The summed E-state index contributed by atoms with van der Waals surface area (Å²) in [5.41, 5.74) is 4.59. The predicted octanol–water partition coefficient (Wildman–Crippen LogP) is 2.55. The first-order valence-electron chi connectivity index (χ1n) is 9.37. The van der Waals surface area contributed by atoms with E-state index in [9.17, 15) is 4.79 Å². The van der Waals surface area contributed by atoms with Gasteiger partial charge in [-0.2, -0.15) is 0 Å². The van der Waals surface area contributed by atoms with E-state index in [1.807, 2.05) is 24.4 Å². The van der Waals surface area contributed by atoms with Crippen molar-refractivity contribution in [2.75, 3.05) is 32.2 Å². The van der Waals surface area contributed by atoms with Crippen LogP contribution in [-0.2, 0) is 22.4 Å². The number of rotatable bonds is 4. The number of anilines is 2. The summed E-state index contributed by atoms with van der Waals surface area (Å²) >= 11 is 0. The molecule has 0 spiro atoms. The van der Waals surface area contributed by atoms with Crippen LogP contribution >= 0.6 is 0 Å². The molecule has 3 heterocycles. The van der Waals surface area contributed by atoms with Crippen molar-refractivity contribution >= 4 is 17.6 Å². The third kappa shape index (κ3) is 3.94. The van der Waals surface area contributed by atoms with E-state index in [2.05, 4.69) is 20.6 Å². The Bertz CT molecular complexity index is 834. The molecular formula is C20H24N4O3. The van der Waals surface area contributed by atoms with Gasteiger partial charge in [0.25, 0.3) is 0 Å². The van der Waals surface area contributed by atoms with Gasteiger partial charge in [0, 0.05) is 31.6 Å². The van der Waals surface area contributed by atoms with Gasteiger partial charge in [0.1, 0.15) is 0 Å². The number of carbonyl (C=O) groups is 1. The summed E-state index contributed by atoms with van der Waals surface area (Å²) in [5.74, 6) is 0.524. The average molecular weight is 368 g/mol. The maximum atomic E-state index is 12.4. The molecule has 7 nitrogen and oxygen atoms in total. The number of hydrogen-bond acceptors (Lipinski definition) is 7. The van der Waals surface area contributed by atoms with Crippen LogP contribution in [0.5, 0.6) is 0 Å². The van der Waals surface area contributed by atoms with Crippen molar-refractivity contribution in [3.05, 3.63) is 46.8 Å². The largest absolute Gasteiger partial charge is 0.465 e. The monoisotopic (exact) mass is 368 g/mol. The fourth-order valence-electron chi connectivity index (χ4n) is 3.71. The first kappa shape index (κ1) is 17.9. The second-order valence-corrected chi connectivity index (χ2v) is 6.90. The van der Waals surface area contributed by atoms with E-state index in [-0.39, 0.29) is 5.97 Å². The van der Waals surface area contributed by atoms with Crippen LogP contribution in [0.3, 0.4) is 0 Å². The van der Waals surface area contributed by atoms with E-state index in [1.54, 1.807) is 0 Å². The van der Waals surface area contributed by atoms with Crippen molar-refractivity contribution in [2.45, 2.75) is 31.7 Å². The van der Waals surface area contributed by atoms with E-state index in [1.165, 1.54) is 12.7 Å². The van der Waals surface area contributed by atoms with Crippen LogP contribution in [0.4, 0.5) is 11.6 Å². The minimum atomic E-state index is -0.323. The SMILES string of the molecule is COC(=O)c1cc(Nc2ncc3c(n2)CNCC3)ccc1C1CCOCC1. The first-order valence-corrected chi connectivity index (χ1v) is 9.37. The van der Waals surface area contributed by atoms with E-state index in [0.29, 0.717) is 17.4 Å². The lowest BCUT2D eigenvalue weighted by atomic mass is 9.88. The van der Waals surface area contributed by atoms with Crippen LogP contribution in [0.15, 0.2) is 24.4 Å². The number of nitrogens with zero attached hydrogens (tertiary/aromatic N) is 2. The normalized spacial score (nSPS) is 17.2. The number of methoxy groups -OCH3 is 1. The van der Waals surface area contributed by atoms with Gasteiger partial charge in [0.05, 0.1) is 18.4 Å². The smallest absolute Gasteiger partial charge is 0.338 e. The van der Waals surface area contributed by atoms with Gasteiger partial charge in [0.2, 0.25) is 5.95 Å². The summed E-state index contributed by atoms with van der Waals surface area (Å²) in [6, 6.07) is 5.81. The molecule has 2 N–H and O–H groups in total. The number of hydrogen-bond donors (Lipinski definition) is 2. The lowest BCUT2D eigenvalue weighted by molar-refractivity contribution is 0.0592. The summed E-state index contributed by atoms with van der Waals surface area (Å²) < 4.78 is 10.5. The molecule has 0 bridgehead atoms. The number of nitrogens with one attached hydrogen (secondary N) is 2. The molecule has 27 heavy (non-hydrogen) atoms. The highest BCUT2D eigenvalue weighted by molar-refractivity contribution is 5.92. The highest BCUT2D eigenvalue weighted by Gasteiger charge is 2.23. The molecule has 4 rings (SSSR count). The Hall–Kier alpha value is -2.51. The first-order chi connectivity index (χ1) is 13.2. The van der Waals surface area contributed by atoms with Gasteiger partial charge >= 0.3 is 5.97 Å². The van der Waals surface area contributed by atoms with E-state index in [4.69, 9.17) is 9.47 Å². The molecule has 7 heteroatoms. The molecule has 0 unspecified atom stereocenters. The van der Waals surface area contributed by atoms with Gasteiger partial charge in [-0.05, 0) is 55.0 Å². The number of ether oxygens (including phenoxy) is 2. The van der Waals surface area contributed by atoms with Crippen LogP contribution in [0.1, 0.15) is 45.9 Å². The van der Waals surface area contributed by atoms with Gasteiger partial charge in [0.15, 0.2) is 0 Å².